The van der Waals surface area contributed by atoms with Crippen molar-refractivity contribution in [3.05, 3.63) is 58.1 Å². The molecular formula is C24H28FN5O6S. The highest BCUT2D eigenvalue weighted by molar-refractivity contribution is 7.92. The Labute approximate surface area is 212 Å². The standard InChI is InChI=1S/C24H28FN5O6S/c1-24(23(32)27-33,37(2,34)35)7-8-30-22(31)19-13-20(25)18(14-21(19)26-28-30)17-5-3-16(4-6-17)15-29-9-11-36-12-10-29/h3-6,13-14,33H,7-12,15H2,1-2H3,(H,27,32)/t24-/m1/s1. The summed E-state index contributed by atoms with van der Waals surface area (Å²) in [6, 6.07) is 10.0. The molecular weight excluding hydrogens is 505 g/mol. The summed E-state index contributed by atoms with van der Waals surface area (Å²) in [5.74, 6) is -1.76. The lowest BCUT2D eigenvalue weighted by molar-refractivity contribution is -0.131. The molecule has 11 nitrogen and oxygen atoms in total. The van der Waals surface area contributed by atoms with E-state index in [0.29, 0.717) is 18.8 Å². The molecule has 1 amide bonds. The third kappa shape index (κ3) is 5.54. The average Bonchev–Trinajstić information content (AvgIpc) is 2.88. The van der Waals surface area contributed by atoms with Crippen LogP contribution in [-0.2, 0) is 32.5 Å². The first-order valence-electron chi connectivity index (χ1n) is 11.6. The summed E-state index contributed by atoms with van der Waals surface area (Å²) < 4.78 is 43.6. The van der Waals surface area contributed by atoms with Crippen LogP contribution in [0.4, 0.5) is 4.39 Å². The van der Waals surface area contributed by atoms with Gasteiger partial charge >= 0.3 is 0 Å². The Balaban J connectivity index is 1.58. The van der Waals surface area contributed by atoms with Crippen LogP contribution in [0.3, 0.4) is 0 Å². The number of benzene rings is 2. The van der Waals surface area contributed by atoms with Gasteiger partial charge in [-0.2, -0.15) is 0 Å². The van der Waals surface area contributed by atoms with Crippen molar-refractivity contribution in [3.8, 4) is 11.1 Å². The molecule has 0 spiro atoms. The summed E-state index contributed by atoms with van der Waals surface area (Å²) in [7, 11) is -3.96. The Kier molecular flexibility index (Phi) is 7.69. The number of amides is 1. The van der Waals surface area contributed by atoms with E-state index >= 15 is 4.39 Å². The van der Waals surface area contributed by atoms with Gasteiger partial charge in [0.2, 0.25) is 0 Å². The molecule has 13 heteroatoms. The third-order valence-corrected chi connectivity index (χ3v) is 8.81. The third-order valence-electron chi connectivity index (χ3n) is 6.79. The molecule has 1 aliphatic rings. The number of halogens is 1. The average molecular weight is 534 g/mol. The minimum Gasteiger partial charge on any atom is -0.379 e. The van der Waals surface area contributed by atoms with Gasteiger partial charge in [0.25, 0.3) is 11.5 Å². The Morgan fingerprint density at radius 1 is 1.22 bits per heavy atom. The lowest BCUT2D eigenvalue weighted by atomic mass is 10.0. The van der Waals surface area contributed by atoms with Crippen molar-refractivity contribution in [1.29, 1.82) is 0 Å². The van der Waals surface area contributed by atoms with E-state index in [9.17, 15) is 18.0 Å². The Morgan fingerprint density at radius 2 is 1.89 bits per heavy atom. The zero-order valence-electron chi connectivity index (χ0n) is 20.5. The van der Waals surface area contributed by atoms with Crippen LogP contribution >= 0.6 is 0 Å². The molecule has 0 saturated carbocycles. The molecule has 4 rings (SSSR count). The maximum absolute atomic E-state index is 15.1. The lowest BCUT2D eigenvalue weighted by Crippen LogP contribution is -2.50. The fourth-order valence-corrected chi connectivity index (χ4v) is 5.02. The van der Waals surface area contributed by atoms with Crippen LogP contribution in [0.5, 0.6) is 0 Å². The molecule has 1 atom stereocenters. The number of fused-ring (bicyclic) bond motifs is 1. The number of nitrogens with one attached hydrogen (secondary N) is 1. The van der Waals surface area contributed by atoms with Crippen LogP contribution in [0.2, 0.25) is 0 Å². The summed E-state index contributed by atoms with van der Waals surface area (Å²) in [6.45, 7) is 4.74. The number of aromatic nitrogens is 3. The van der Waals surface area contributed by atoms with E-state index in [1.54, 1.807) is 0 Å². The van der Waals surface area contributed by atoms with Gasteiger partial charge in [0.05, 0.1) is 18.6 Å². The molecule has 0 unspecified atom stereocenters. The van der Waals surface area contributed by atoms with E-state index in [4.69, 9.17) is 9.94 Å². The van der Waals surface area contributed by atoms with E-state index in [2.05, 4.69) is 15.2 Å². The first kappa shape index (κ1) is 26.8. The molecule has 0 radical (unpaired) electrons. The van der Waals surface area contributed by atoms with Crippen molar-refractivity contribution in [2.24, 2.45) is 0 Å². The van der Waals surface area contributed by atoms with E-state index in [1.807, 2.05) is 24.3 Å². The number of rotatable bonds is 8. The van der Waals surface area contributed by atoms with Crippen molar-refractivity contribution in [1.82, 2.24) is 25.4 Å². The van der Waals surface area contributed by atoms with E-state index in [1.165, 1.54) is 11.5 Å². The number of morpholine rings is 1. The fourth-order valence-electron chi connectivity index (χ4n) is 4.18. The first-order valence-corrected chi connectivity index (χ1v) is 13.5. The predicted molar refractivity (Wildman–Crippen MR) is 133 cm³/mol. The number of hydroxylamine groups is 1. The second-order valence-corrected chi connectivity index (χ2v) is 11.7. The van der Waals surface area contributed by atoms with Gasteiger partial charge < -0.3 is 4.74 Å². The van der Waals surface area contributed by atoms with E-state index in [-0.39, 0.29) is 29.4 Å². The highest BCUT2D eigenvalue weighted by Crippen LogP contribution is 2.27. The van der Waals surface area contributed by atoms with Crippen LogP contribution in [0, 0.1) is 5.82 Å². The summed E-state index contributed by atoms with van der Waals surface area (Å²) in [4.78, 5) is 27.2. The van der Waals surface area contributed by atoms with Gasteiger partial charge in [-0.1, -0.05) is 29.5 Å². The smallest absolute Gasteiger partial charge is 0.277 e. The predicted octanol–water partition coefficient (Wildman–Crippen LogP) is 1.13. The Morgan fingerprint density at radius 3 is 2.51 bits per heavy atom. The molecule has 1 fully saturated rings. The minimum absolute atomic E-state index is 0.0344. The second kappa shape index (κ2) is 10.6. The van der Waals surface area contributed by atoms with Crippen molar-refractivity contribution in [2.45, 2.75) is 31.2 Å². The summed E-state index contributed by atoms with van der Waals surface area (Å²) >= 11 is 0. The normalized spacial score (nSPS) is 16.4. The van der Waals surface area contributed by atoms with Gasteiger partial charge in [-0.3, -0.25) is 19.7 Å². The number of sulfone groups is 1. The van der Waals surface area contributed by atoms with Crippen LogP contribution in [0.1, 0.15) is 18.9 Å². The molecule has 1 aliphatic heterocycles. The van der Waals surface area contributed by atoms with Gasteiger partial charge in [0, 0.05) is 38.0 Å². The number of carbonyl (C=O) groups is 1. The number of aryl methyl sites for hydroxylation is 1. The largest absolute Gasteiger partial charge is 0.379 e. The minimum atomic E-state index is -3.96. The number of hydrogen-bond donors (Lipinski definition) is 2. The van der Waals surface area contributed by atoms with Gasteiger partial charge in [-0.05, 0) is 36.6 Å². The maximum Gasteiger partial charge on any atom is 0.277 e. The summed E-state index contributed by atoms with van der Waals surface area (Å²) in [6.07, 6.45) is 0.485. The number of ether oxygens (including phenoxy) is 1. The molecule has 2 aromatic carbocycles. The van der Waals surface area contributed by atoms with Gasteiger partial charge in [0.15, 0.2) is 14.6 Å². The van der Waals surface area contributed by atoms with Crippen molar-refractivity contribution >= 4 is 26.6 Å². The highest BCUT2D eigenvalue weighted by atomic mass is 32.2. The molecule has 1 saturated heterocycles. The molecule has 1 aromatic heterocycles. The SMILES string of the molecule is C[C@@](CCn1nnc2cc(-c3ccc(CN4CCOCC4)cc3)c(F)cc2c1=O)(C(=O)NO)S(C)(=O)=O. The summed E-state index contributed by atoms with van der Waals surface area (Å²) in [5, 5.41) is 16.8. The Hall–Kier alpha value is -3.26. The second-order valence-electron chi connectivity index (χ2n) is 9.25. The molecule has 3 aromatic rings. The molecule has 37 heavy (non-hydrogen) atoms. The maximum atomic E-state index is 15.1. The molecule has 198 valence electrons. The van der Waals surface area contributed by atoms with Crippen LogP contribution in [0.25, 0.3) is 22.0 Å². The highest BCUT2D eigenvalue weighted by Gasteiger charge is 2.43. The van der Waals surface area contributed by atoms with Crippen molar-refractivity contribution in [3.63, 3.8) is 0 Å². The van der Waals surface area contributed by atoms with Gasteiger partial charge in [-0.15, -0.1) is 5.10 Å². The summed E-state index contributed by atoms with van der Waals surface area (Å²) in [5.41, 5.74) is 2.81. The van der Waals surface area contributed by atoms with Gasteiger partial charge in [0.1, 0.15) is 11.3 Å². The first-order chi connectivity index (χ1) is 17.5. The number of nitrogens with zero attached hydrogens (tertiary/aromatic N) is 4. The topological polar surface area (TPSA) is 144 Å². The lowest BCUT2D eigenvalue weighted by Gasteiger charge is -2.26. The van der Waals surface area contributed by atoms with Gasteiger partial charge in [-0.25, -0.2) is 23.0 Å². The van der Waals surface area contributed by atoms with E-state index in [0.717, 1.165) is 49.1 Å². The fraction of sp³-hybridized carbons (Fsp3) is 0.417. The zero-order valence-corrected chi connectivity index (χ0v) is 21.3. The molecule has 0 aliphatic carbocycles. The van der Waals surface area contributed by atoms with Crippen molar-refractivity contribution < 1.29 is 27.5 Å². The number of carbonyl (C=O) groups excluding carboxylic acids is 1. The quantitative estimate of drug-likeness (QED) is 0.322. The van der Waals surface area contributed by atoms with Crippen molar-refractivity contribution in [2.75, 3.05) is 32.6 Å². The zero-order chi connectivity index (χ0) is 26.8. The number of hydrogen-bond acceptors (Lipinski definition) is 9. The molecule has 2 N–H and O–H groups in total. The van der Waals surface area contributed by atoms with Crippen LogP contribution < -0.4 is 11.0 Å². The van der Waals surface area contributed by atoms with Crippen LogP contribution in [-0.4, -0.2) is 76.7 Å². The Bertz CT molecular complexity index is 1470. The van der Waals surface area contributed by atoms with Crippen LogP contribution in [0.15, 0.2) is 41.2 Å². The molecule has 2 heterocycles. The van der Waals surface area contributed by atoms with E-state index < -0.39 is 31.9 Å². The monoisotopic (exact) mass is 533 g/mol. The molecule has 0 bridgehead atoms.